The Kier molecular flexibility index (Phi) is 11.8. The predicted octanol–water partition coefficient (Wildman–Crippen LogP) is 5.99. The van der Waals surface area contributed by atoms with Crippen molar-refractivity contribution in [3.05, 3.63) is 138 Å². The number of hydrogen-bond acceptors (Lipinski definition) is 7. The zero-order valence-corrected chi connectivity index (χ0v) is 30.9. The summed E-state index contributed by atoms with van der Waals surface area (Å²) in [6, 6.07) is 27.2. The number of phenolic OH excluding ortho intramolecular Hbond substituents is 1. The van der Waals surface area contributed by atoms with Gasteiger partial charge in [-0.1, -0.05) is 78.9 Å². The number of aromatic hydroxyl groups is 1. The SMILES string of the molecule is CC(C)(C)OC(=O)N[C@@H](Cc1c[nH]c2ccccc12)C(=O)N[C@@H](Cc1ccc(O)cc1)C(=O)N[C@@H](Cc1c[nH]c2ccccc12)C(=O)OCc1ccccc1. The number of H-pyrrole nitrogens is 2. The average Bonchev–Trinajstić information content (AvgIpc) is 3.77. The number of para-hydroxylation sites is 2. The Balaban J connectivity index is 1.28. The number of esters is 1. The molecule has 0 saturated heterocycles. The number of aromatic amines is 2. The van der Waals surface area contributed by atoms with Crippen LogP contribution in [0, 0.1) is 0 Å². The zero-order chi connectivity index (χ0) is 39.0. The highest BCUT2D eigenvalue weighted by Gasteiger charge is 2.32. The first-order valence-electron chi connectivity index (χ1n) is 18.1. The van der Waals surface area contributed by atoms with E-state index in [4.69, 9.17) is 9.47 Å². The highest BCUT2D eigenvalue weighted by atomic mass is 16.6. The number of carbonyl (C=O) groups is 4. The molecule has 0 aliphatic heterocycles. The molecule has 0 saturated carbocycles. The van der Waals surface area contributed by atoms with Gasteiger partial charge in [0.15, 0.2) is 0 Å². The van der Waals surface area contributed by atoms with Crippen LogP contribution < -0.4 is 16.0 Å². The van der Waals surface area contributed by atoms with E-state index in [-0.39, 0.29) is 31.6 Å². The van der Waals surface area contributed by atoms with Gasteiger partial charge < -0.3 is 40.5 Å². The van der Waals surface area contributed by atoms with Gasteiger partial charge in [-0.3, -0.25) is 9.59 Å². The number of aromatic nitrogens is 2. The lowest BCUT2D eigenvalue weighted by Crippen LogP contribution is -2.57. The first kappa shape index (κ1) is 38.2. The minimum Gasteiger partial charge on any atom is -0.508 e. The predicted molar refractivity (Wildman–Crippen MR) is 209 cm³/mol. The Labute approximate surface area is 318 Å². The van der Waals surface area contributed by atoms with Crippen molar-refractivity contribution < 1.29 is 33.8 Å². The summed E-state index contributed by atoms with van der Waals surface area (Å²) in [5.41, 5.74) is 3.87. The summed E-state index contributed by atoms with van der Waals surface area (Å²) in [5.74, 6) is -1.91. The van der Waals surface area contributed by atoms with Crippen LogP contribution in [-0.4, -0.2) is 62.7 Å². The molecule has 0 radical (unpaired) electrons. The fraction of sp³-hybridized carbons (Fsp3) is 0.256. The molecule has 4 aromatic carbocycles. The summed E-state index contributed by atoms with van der Waals surface area (Å²) in [6.07, 6.45) is 2.96. The van der Waals surface area contributed by atoms with E-state index < -0.39 is 47.6 Å². The van der Waals surface area contributed by atoms with E-state index >= 15 is 0 Å². The van der Waals surface area contributed by atoms with Crippen molar-refractivity contribution in [2.45, 2.75) is 70.4 Å². The third-order valence-corrected chi connectivity index (χ3v) is 9.04. The van der Waals surface area contributed by atoms with E-state index in [1.165, 1.54) is 12.1 Å². The monoisotopic (exact) mass is 743 g/mol. The van der Waals surface area contributed by atoms with E-state index in [2.05, 4.69) is 25.9 Å². The van der Waals surface area contributed by atoms with Gasteiger partial charge in [-0.2, -0.15) is 0 Å². The normalized spacial score (nSPS) is 13.1. The van der Waals surface area contributed by atoms with Gasteiger partial charge in [0, 0.05) is 53.5 Å². The number of ether oxygens (including phenoxy) is 2. The molecule has 55 heavy (non-hydrogen) atoms. The molecule has 6 aromatic rings. The number of carbonyl (C=O) groups excluding carboxylic acids is 4. The van der Waals surface area contributed by atoms with Crippen LogP contribution >= 0.6 is 0 Å². The minimum absolute atomic E-state index is 0.000543. The summed E-state index contributed by atoms with van der Waals surface area (Å²) < 4.78 is 11.2. The topological polar surface area (TPSA) is 175 Å². The van der Waals surface area contributed by atoms with Gasteiger partial charge in [-0.25, -0.2) is 9.59 Å². The van der Waals surface area contributed by atoms with Crippen molar-refractivity contribution in [2.75, 3.05) is 0 Å². The lowest BCUT2D eigenvalue weighted by molar-refractivity contribution is -0.149. The van der Waals surface area contributed by atoms with E-state index in [1.807, 2.05) is 78.9 Å². The molecule has 6 rings (SSSR count). The number of amides is 3. The smallest absolute Gasteiger partial charge is 0.408 e. The van der Waals surface area contributed by atoms with Gasteiger partial charge in [0.05, 0.1) is 0 Å². The molecule has 2 heterocycles. The molecule has 3 amide bonds. The molecule has 3 atom stereocenters. The molecule has 0 unspecified atom stereocenters. The summed E-state index contributed by atoms with van der Waals surface area (Å²) in [4.78, 5) is 61.8. The zero-order valence-electron chi connectivity index (χ0n) is 30.9. The quantitative estimate of drug-likeness (QED) is 0.0744. The van der Waals surface area contributed by atoms with Crippen molar-refractivity contribution >= 4 is 45.7 Å². The molecule has 2 aromatic heterocycles. The fourth-order valence-electron chi connectivity index (χ4n) is 6.34. The summed E-state index contributed by atoms with van der Waals surface area (Å²) in [6.45, 7) is 5.16. The number of alkyl carbamates (subject to hydrolysis) is 1. The van der Waals surface area contributed by atoms with Crippen molar-refractivity contribution in [3.8, 4) is 5.75 Å². The number of phenols is 1. The van der Waals surface area contributed by atoms with Crippen LogP contribution in [0.15, 0.2) is 116 Å². The molecule has 12 heteroatoms. The molecule has 12 nitrogen and oxygen atoms in total. The van der Waals surface area contributed by atoms with Gasteiger partial charge in [0.2, 0.25) is 11.8 Å². The maximum Gasteiger partial charge on any atom is 0.408 e. The number of hydrogen-bond donors (Lipinski definition) is 6. The minimum atomic E-state index is -1.21. The Morgan fingerprint density at radius 2 is 1.13 bits per heavy atom. The van der Waals surface area contributed by atoms with E-state index in [0.717, 1.165) is 38.5 Å². The highest BCUT2D eigenvalue weighted by molar-refractivity contribution is 5.94. The van der Waals surface area contributed by atoms with Crippen molar-refractivity contribution in [1.82, 2.24) is 25.9 Å². The van der Waals surface area contributed by atoms with Crippen LogP contribution in [0.2, 0.25) is 0 Å². The standard InChI is InChI=1S/C43H45N5O7/c1-43(2,3)55-42(53)48-37(22-29-24-44-34-15-9-7-13-32(29)34)40(51)46-36(21-27-17-19-31(49)20-18-27)39(50)47-38(41(52)54-26-28-11-5-4-6-12-28)23-30-25-45-35-16-10-8-14-33(30)35/h4-20,24-25,36-38,44-45,49H,21-23,26H2,1-3H3,(H,46,51)(H,47,50)(H,48,53)/t36-,37-,38-/m0/s1. The Hall–Kier alpha value is -6.56. The molecular weight excluding hydrogens is 699 g/mol. The third-order valence-electron chi connectivity index (χ3n) is 9.04. The second-order valence-electron chi connectivity index (χ2n) is 14.4. The van der Waals surface area contributed by atoms with Crippen LogP contribution in [0.4, 0.5) is 4.79 Å². The molecule has 0 bridgehead atoms. The molecule has 0 spiro atoms. The van der Waals surface area contributed by atoms with Crippen LogP contribution in [0.1, 0.15) is 43.0 Å². The van der Waals surface area contributed by atoms with Gasteiger partial charge in [-0.05, 0) is 67.3 Å². The molecular formula is C43H45N5O7. The second-order valence-corrected chi connectivity index (χ2v) is 14.4. The number of nitrogens with one attached hydrogen (secondary N) is 5. The average molecular weight is 744 g/mol. The second kappa shape index (κ2) is 17.1. The Bertz CT molecular complexity index is 2260. The summed E-state index contributed by atoms with van der Waals surface area (Å²) in [5, 5.41) is 20.1. The van der Waals surface area contributed by atoms with Crippen molar-refractivity contribution in [3.63, 3.8) is 0 Å². The summed E-state index contributed by atoms with van der Waals surface area (Å²) in [7, 11) is 0. The lowest BCUT2D eigenvalue weighted by Gasteiger charge is -2.26. The van der Waals surface area contributed by atoms with Crippen LogP contribution in [-0.2, 0) is 49.7 Å². The maximum absolute atomic E-state index is 14.3. The Morgan fingerprint density at radius 3 is 1.71 bits per heavy atom. The Morgan fingerprint density at radius 1 is 0.618 bits per heavy atom. The molecule has 0 fully saturated rings. The largest absolute Gasteiger partial charge is 0.508 e. The van der Waals surface area contributed by atoms with Crippen molar-refractivity contribution in [2.24, 2.45) is 0 Å². The van der Waals surface area contributed by atoms with Crippen LogP contribution in [0.5, 0.6) is 5.75 Å². The number of fused-ring (bicyclic) bond motifs is 2. The maximum atomic E-state index is 14.3. The third kappa shape index (κ3) is 10.3. The van der Waals surface area contributed by atoms with Gasteiger partial charge in [0.1, 0.15) is 36.1 Å². The van der Waals surface area contributed by atoms with Gasteiger partial charge in [-0.15, -0.1) is 0 Å². The highest BCUT2D eigenvalue weighted by Crippen LogP contribution is 2.22. The first-order chi connectivity index (χ1) is 26.4. The molecule has 0 aliphatic rings. The van der Waals surface area contributed by atoms with Crippen LogP contribution in [0.3, 0.4) is 0 Å². The number of rotatable bonds is 14. The summed E-state index contributed by atoms with van der Waals surface area (Å²) >= 11 is 0. The van der Waals surface area contributed by atoms with E-state index in [1.54, 1.807) is 45.3 Å². The van der Waals surface area contributed by atoms with E-state index in [0.29, 0.717) is 5.56 Å². The van der Waals surface area contributed by atoms with Crippen molar-refractivity contribution in [1.29, 1.82) is 0 Å². The van der Waals surface area contributed by atoms with Gasteiger partial charge >= 0.3 is 12.1 Å². The van der Waals surface area contributed by atoms with Crippen LogP contribution in [0.25, 0.3) is 21.8 Å². The number of benzene rings is 4. The fourth-order valence-corrected chi connectivity index (χ4v) is 6.34. The lowest BCUT2D eigenvalue weighted by atomic mass is 10.0. The molecule has 284 valence electrons. The first-order valence-corrected chi connectivity index (χ1v) is 18.1. The van der Waals surface area contributed by atoms with Gasteiger partial charge in [0.25, 0.3) is 0 Å². The van der Waals surface area contributed by atoms with E-state index in [9.17, 15) is 24.3 Å². The molecule has 0 aliphatic carbocycles. The molecule has 6 N–H and O–H groups in total.